The van der Waals surface area contributed by atoms with Crippen LogP contribution in [0.25, 0.3) is 0 Å². The van der Waals surface area contributed by atoms with Crippen molar-refractivity contribution in [3.05, 3.63) is 29.3 Å². The summed E-state index contributed by atoms with van der Waals surface area (Å²) < 4.78 is 0. The van der Waals surface area contributed by atoms with Crippen molar-refractivity contribution in [2.24, 2.45) is 0 Å². The van der Waals surface area contributed by atoms with Gasteiger partial charge in [-0.25, -0.2) is 0 Å². The molecule has 0 aliphatic rings. The molecule has 94 valence electrons. The fourth-order valence-corrected chi connectivity index (χ4v) is 2.79. The second-order valence-electron chi connectivity index (χ2n) is 4.35. The van der Waals surface area contributed by atoms with E-state index in [1.54, 1.807) is 0 Å². The van der Waals surface area contributed by atoms with Crippen LogP contribution in [0, 0.1) is 13.8 Å². The molecule has 0 spiro atoms. The largest absolute Gasteiger partial charge is 0.325 e. The smallest absolute Gasteiger partial charge is 0.228 e. The predicted molar refractivity (Wildman–Crippen MR) is 77.5 cm³/mol. The highest BCUT2D eigenvalue weighted by Gasteiger charge is 2.06. The molecular formula is C14H22NOP. The Balaban J connectivity index is 2.45. The Bertz CT molecular complexity index is 356. The zero-order valence-electron chi connectivity index (χ0n) is 11.0. The van der Waals surface area contributed by atoms with E-state index in [9.17, 15) is 4.79 Å². The third-order valence-corrected chi connectivity index (χ3v) is 4.02. The average molecular weight is 251 g/mol. The van der Waals surface area contributed by atoms with E-state index in [4.69, 9.17) is 0 Å². The van der Waals surface area contributed by atoms with Crippen LogP contribution in [0.3, 0.4) is 0 Å². The molecule has 0 bridgehead atoms. The molecule has 3 heteroatoms. The van der Waals surface area contributed by atoms with E-state index in [0.717, 1.165) is 25.4 Å². The summed E-state index contributed by atoms with van der Waals surface area (Å²) in [4.78, 5) is 11.8. The van der Waals surface area contributed by atoms with Crippen LogP contribution in [0.4, 0.5) is 5.69 Å². The summed E-state index contributed by atoms with van der Waals surface area (Å²) in [5.41, 5.74) is 3.25. The average Bonchev–Trinajstić information content (AvgIpc) is 2.30. The van der Waals surface area contributed by atoms with Gasteiger partial charge in [0.2, 0.25) is 5.91 Å². The number of anilines is 1. The number of amides is 1. The van der Waals surface area contributed by atoms with Gasteiger partial charge in [0.15, 0.2) is 0 Å². The third kappa shape index (κ3) is 4.87. The fourth-order valence-electron chi connectivity index (χ4n) is 1.70. The van der Waals surface area contributed by atoms with E-state index >= 15 is 0 Å². The van der Waals surface area contributed by atoms with Gasteiger partial charge in [0.1, 0.15) is 0 Å². The first-order valence-corrected chi connectivity index (χ1v) is 7.63. The topological polar surface area (TPSA) is 29.1 Å². The quantitative estimate of drug-likeness (QED) is 0.606. The maximum atomic E-state index is 11.8. The van der Waals surface area contributed by atoms with Crippen LogP contribution in [0.15, 0.2) is 18.2 Å². The van der Waals surface area contributed by atoms with Gasteiger partial charge in [-0.2, -0.15) is 0 Å². The summed E-state index contributed by atoms with van der Waals surface area (Å²) in [5, 5.41) is 3.02. The molecule has 17 heavy (non-hydrogen) atoms. The Morgan fingerprint density at radius 3 is 2.53 bits per heavy atom. The van der Waals surface area contributed by atoms with E-state index < -0.39 is 0 Å². The Kier molecular flexibility index (Phi) is 6.21. The summed E-state index contributed by atoms with van der Waals surface area (Å²) in [7, 11) is 0.753. The molecule has 1 aromatic carbocycles. The van der Waals surface area contributed by atoms with Gasteiger partial charge in [0.05, 0.1) is 0 Å². The highest BCUT2D eigenvalue weighted by atomic mass is 31.1. The normalized spacial score (nSPS) is 11.0. The number of carbonyl (C=O) groups excluding carboxylic acids is 1. The lowest BCUT2D eigenvalue weighted by atomic mass is 10.1. The summed E-state index contributed by atoms with van der Waals surface area (Å²) in [5.74, 6) is 0.150. The Morgan fingerprint density at radius 2 is 1.94 bits per heavy atom. The molecule has 0 saturated carbocycles. The van der Waals surface area contributed by atoms with Crippen LogP contribution >= 0.6 is 8.58 Å². The van der Waals surface area contributed by atoms with Crippen LogP contribution in [0.2, 0.25) is 0 Å². The molecule has 2 nitrogen and oxygen atoms in total. The van der Waals surface area contributed by atoms with Gasteiger partial charge in [-0.15, -0.1) is 8.58 Å². The van der Waals surface area contributed by atoms with Gasteiger partial charge in [0, 0.05) is 11.8 Å². The van der Waals surface area contributed by atoms with Crippen molar-refractivity contribution >= 4 is 20.2 Å². The Labute approximate surface area is 106 Å². The van der Waals surface area contributed by atoms with Crippen LogP contribution < -0.4 is 5.32 Å². The molecule has 0 radical (unpaired) electrons. The zero-order valence-corrected chi connectivity index (χ0v) is 12.0. The molecule has 1 rings (SSSR count). The van der Waals surface area contributed by atoms with Crippen molar-refractivity contribution in [1.29, 1.82) is 0 Å². The van der Waals surface area contributed by atoms with Gasteiger partial charge in [-0.05, 0) is 37.6 Å². The number of aryl methyl sites for hydroxylation is 2. The highest BCUT2D eigenvalue weighted by molar-refractivity contribution is 7.39. The minimum Gasteiger partial charge on any atom is -0.325 e. The molecular weight excluding hydrogens is 229 g/mol. The lowest BCUT2D eigenvalue weighted by Crippen LogP contribution is -2.15. The summed E-state index contributed by atoms with van der Waals surface area (Å²) >= 11 is 0. The summed E-state index contributed by atoms with van der Waals surface area (Å²) in [6.07, 6.45) is 4.28. The second kappa shape index (κ2) is 7.45. The lowest BCUT2D eigenvalue weighted by Gasteiger charge is -2.11. The van der Waals surface area contributed by atoms with Gasteiger partial charge in [-0.3, -0.25) is 4.79 Å². The first-order chi connectivity index (χ1) is 8.15. The molecule has 0 aliphatic carbocycles. The van der Waals surface area contributed by atoms with E-state index in [1.807, 2.05) is 32.0 Å². The number of nitrogens with one attached hydrogen (secondary N) is 1. The molecule has 0 aliphatic heterocycles. The molecule has 0 heterocycles. The van der Waals surface area contributed by atoms with Crippen LogP contribution in [0.1, 0.15) is 30.9 Å². The van der Waals surface area contributed by atoms with E-state index in [2.05, 4.69) is 12.2 Å². The van der Waals surface area contributed by atoms with Gasteiger partial charge in [0.25, 0.3) is 0 Å². The van der Waals surface area contributed by atoms with Gasteiger partial charge in [-0.1, -0.05) is 31.5 Å². The third-order valence-electron chi connectivity index (χ3n) is 2.74. The number of para-hydroxylation sites is 1. The Hall–Kier alpha value is -0.880. The minimum atomic E-state index is 0.150. The minimum absolute atomic E-state index is 0.150. The van der Waals surface area contributed by atoms with Crippen LogP contribution in [-0.4, -0.2) is 18.2 Å². The summed E-state index contributed by atoms with van der Waals surface area (Å²) in [6, 6.07) is 6.08. The standard InChI is InChI=1S/C14H22NOP/c1-4-5-9-17-10-13(16)15-14-11(2)7-6-8-12(14)3/h6-8,17H,4-5,9-10H2,1-3H3,(H,15,16). The fraction of sp³-hybridized carbons (Fsp3) is 0.500. The second-order valence-corrected chi connectivity index (χ2v) is 5.70. The molecule has 1 unspecified atom stereocenters. The number of hydrogen-bond acceptors (Lipinski definition) is 1. The van der Waals surface area contributed by atoms with Crippen molar-refractivity contribution in [2.75, 3.05) is 17.6 Å². The van der Waals surface area contributed by atoms with Crippen molar-refractivity contribution in [2.45, 2.75) is 33.6 Å². The van der Waals surface area contributed by atoms with Crippen molar-refractivity contribution in [1.82, 2.24) is 0 Å². The first-order valence-electron chi connectivity index (χ1n) is 6.22. The molecule has 0 fully saturated rings. The van der Waals surface area contributed by atoms with E-state index in [1.165, 1.54) is 19.0 Å². The number of carbonyl (C=O) groups is 1. The number of unbranched alkanes of at least 4 members (excludes halogenated alkanes) is 1. The number of hydrogen-bond donors (Lipinski definition) is 1. The SMILES string of the molecule is CCCCPCC(=O)Nc1c(C)cccc1C. The molecule has 1 N–H and O–H groups in total. The maximum Gasteiger partial charge on any atom is 0.228 e. The Morgan fingerprint density at radius 1 is 1.29 bits per heavy atom. The summed E-state index contributed by atoms with van der Waals surface area (Å²) in [6.45, 7) is 6.24. The monoisotopic (exact) mass is 251 g/mol. The van der Waals surface area contributed by atoms with Crippen molar-refractivity contribution < 1.29 is 4.79 Å². The highest BCUT2D eigenvalue weighted by Crippen LogP contribution is 2.20. The van der Waals surface area contributed by atoms with E-state index in [-0.39, 0.29) is 5.91 Å². The predicted octanol–water partition coefficient (Wildman–Crippen LogP) is 3.72. The molecule has 1 atom stereocenters. The van der Waals surface area contributed by atoms with Crippen molar-refractivity contribution in [3.63, 3.8) is 0 Å². The molecule has 0 aromatic heterocycles. The van der Waals surface area contributed by atoms with Gasteiger partial charge < -0.3 is 5.32 Å². The molecule has 1 aromatic rings. The number of benzene rings is 1. The van der Waals surface area contributed by atoms with Crippen LogP contribution in [0.5, 0.6) is 0 Å². The lowest BCUT2D eigenvalue weighted by molar-refractivity contribution is -0.113. The van der Waals surface area contributed by atoms with Crippen molar-refractivity contribution in [3.8, 4) is 0 Å². The van der Waals surface area contributed by atoms with Gasteiger partial charge >= 0.3 is 0 Å². The zero-order chi connectivity index (χ0) is 12.7. The van der Waals surface area contributed by atoms with Crippen LogP contribution in [-0.2, 0) is 4.79 Å². The molecule has 1 amide bonds. The van der Waals surface area contributed by atoms with E-state index in [0.29, 0.717) is 6.16 Å². The molecule has 0 saturated heterocycles. The maximum absolute atomic E-state index is 11.8. The first kappa shape index (κ1) is 14.2. The number of rotatable bonds is 6.